The van der Waals surface area contributed by atoms with Crippen molar-refractivity contribution in [2.45, 2.75) is 31.7 Å². The lowest BCUT2D eigenvalue weighted by Gasteiger charge is -2.33. The first-order chi connectivity index (χ1) is 14.4. The summed E-state index contributed by atoms with van der Waals surface area (Å²) in [5.41, 5.74) is 5.29. The number of nitrogens with two attached hydrogens (primary N) is 1. The van der Waals surface area contributed by atoms with Crippen LogP contribution in [0.15, 0.2) is 28.5 Å². The maximum absolute atomic E-state index is 15.3. The van der Waals surface area contributed by atoms with E-state index in [2.05, 4.69) is 0 Å². The number of carbonyl (C=O) groups is 1. The van der Waals surface area contributed by atoms with Crippen LogP contribution in [0.1, 0.15) is 42.1 Å². The second-order valence-electron chi connectivity index (χ2n) is 7.69. The second kappa shape index (κ2) is 7.71. The quantitative estimate of drug-likeness (QED) is 0.773. The van der Waals surface area contributed by atoms with E-state index in [1.165, 1.54) is 13.3 Å². The molecular formula is C21H23F2N3O4. The molecule has 9 heteroatoms. The van der Waals surface area contributed by atoms with Crippen molar-refractivity contribution >= 4 is 22.6 Å². The monoisotopic (exact) mass is 419 g/mol. The van der Waals surface area contributed by atoms with E-state index in [1.807, 2.05) is 0 Å². The fourth-order valence-corrected chi connectivity index (χ4v) is 4.15. The number of ether oxygens (including phenoxy) is 1. The molecule has 2 aliphatic rings. The second-order valence-corrected chi connectivity index (χ2v) is 7.69. The van der Waals surface area contributed by atoms with E-state index >= 15 is 4.39 Å². The fraction of sp³-hybridized carbons (Fsp3) is 0.429. The molecule has 0 spiro atoms. The number of nitrogens with zero attached hydrogens (tertiary/aromatic N) is 2. The zero-order chi connectivity index (χ0) is 21.6. The summed E-state index contributed by atoms with van der Waals surface area (Å²) in [6.45, 7) is 0.448. The molecular weight excluding hydrogens is 396 g/mol. The highest BCUT2D eigenvalue weighted by atomic mass is 19.1. The minimum Gasteiger partial charge on any atom is -0.492 e. The third-order valence-corrected chi connectivity index (χ3v) is 5.74. The minimum atomic E-state index is -1.36. The summed E-state index contributed by atoms with van der Waals surface area (Å²) in [6, 6.07) is 1.09. The van der Waals surface area contributed by atoms with Crippen molar-refractivity contribution in [1.82, 2.24) is 4.57 Å². The van der Waals surface area contributed by atoms with Crippen LogP contribution in [0, 0.1) is 5.82 Å². The molecule has 3 N–H and O–H groups in total. The number of pyridine rings is 1. The van der Waals surface area contributed by atoms with Crippen molar-refractivity contribution in [3.63, 3.8) is 0 Å². The smallest absolute Gasteiger partial charge is 0.341 e. The lowest BCUT2D eigenvalue weighted by atomic mass is 10.0. The van der Waals surface area contributed by atoms with Crippen molar-refractivity contribution in [2.24, 2.45) is 5.73 Å². The summed E-state index contributed by atoms with van der Waals surface area (Å²) in [4.78, 5) is 26.0. The van der Waals surface area contributed by atoms with Crippen LogP contribution in [0.5, 0.6) is 5.75 Å². The molecule has 0 amide bonds. The topological polar surface area (TPSA) is 97.8 Å². The molecule has 0 radical (unpaired) electrons. The average molecular weight is 419 g/mol. The number of anilines is 1. The van der Waals surface area contributed by atoms with Crippen molar-refractivity contribution in [1.29, 1.82) is 0 Å². The van der Waals surface area contributed by atoms with Crippen LogP contribution in [-0.4, -0.2) is 42.4 Å². The van der Waals surface area contributed by atoms with Gasteiger partial charge in [0.05, 0.1) is 18.0 Å². The molecule has 160 valence electrons. The average Bonchev–Trinajstić information content (AvgIpc) is 3.58. The third kappa shape index (κ3) is 3.32. The molecule has 0 atom stereocenters. The highest BCUT2D eigenvalue weighted by Crippen LogP contribution is 2.44. The Labute approximate surface area is 171 Å². The molecule has 1 aliphatic carbocycles. The lowest BCUT2D eigenvalue weighted by Crippen LogP contribution is -2.33. The summed E-state index contributed by atoms with van der Waals surface area (Å²) >= 11 is 0. The van der Waals surface area contributed by atoms with Gasteiger partial charge in [-0.2, -0.15) is 0 Å². The van der Waals surface area contributed by atoms with Crippen LogP contribution in [0.2, 0.25) is 0 Å². The summed E-state index contributed by atoms with van der Waals surface area (Å²) in [5, 5.41) is 9.37. The van der Waals surface area contributed by atoms with Crippen LogP contribution in [0.25, 0.3) is 10.9 Å². The zero-order valence-corrected chi connectivity index (χ0v) is 16.6. The van der Waals surface area contributed by atoms with Crippen molar-refractivity contribution in [3.8, 4) is 5.75 Å². The van der Waals surface area contributed by atoms with E-state index in [9.17, 15) is 19.1 Å². The van der Waals surface area contributed by atoms with Crippen LogP contribution in [0.4, 0.5) is 14.5 Å². The molecule has 4 rings (SSSR count). The number of aromatic nitrogens is 1. The van der Waals surface area contributed by atoms with Crippen molar-refractivity contribution in [2.75, 3.05) is 31.6 Å². The number of halogens is 2. The number of carboxylic acid groups (broad SMARTS) is 1. The predicted octanol–water partition coefficient (Wildman–Crippen LogP) is 2.96. The molecule has 0 unspecified atom stereocenters. The molecule has 0 bridgehead atoms. The van der Waals surface area contributed by atoms with Crippen molar-refractivity contribution < 1.29 is 23.4 Å². The Morgan fingerprint density at radius 1 is 1.40 bits per heavy atom. The molecule has 1 saturated carbocycles. The molecule has 2 fully saturated rings. The summed E-state index contributed by atoms with van der Waals surface area (Å²) < 4.78 is 36.6. The number of methoxy groups -OCH3 is 1. The number of carboxylic acids is 1. The van der Waals surface area contributed by atoms with Gasteiger partial charge in [-0.1, -0.05) is 0 Å². The molecule has 1 aromatic carbocycles. The van der Waals surface area contributed by atoms with Gasteiger partial charge >= 0.3 is 5.97 Å². The first-order valence-corrected chi connectivity index (χ1v) is 9.87. The lowest BCUT2D eigenvalue weighted by molar-refractivity contribution is 0.0695. The largest absolute Gasteiger partial charge is 0.492 e. The maximum atomic E-state index is 15.3. The first kappa shape index (κ1) is 20.3. The van der Waals surface area contributed by atoms with Gasteiger partial charge in [0.15, 0.2) is 11.6 Å². The number of hydrogen-bond acceptors (Lipinski definition) is 5. The SMILES string of the molecule is COc1c(N2CCC/C(=C(/F)CN)C2)c(F)cc2c(=O)c(C(=O)O)cn(C3CC3)c12. The molecule has 30 heavy (non-hydrogen) atoms. The van der Waals surface area contributed by atoms with Gasteiger partial charge in [0, 0.05) is 31.9 Å². The highest BCUT2D eigenvalue weighted by Gasteiger charge is 2.32. The Morgan fingerprint density at radius 2 is 2.13 bits per heavy atom. The number of hydrogen-bond donors (Lipinski definition) is 2. The number of piperidine rings is 1. The zero-order valence-electron chi connectivity index (χ0n) is 16.6. The van der Waals surface area contributed by atoms with Crippen LogP contribution in [-0.2, 0) is 0 Å². The first-order valence-electron chi connectivity index (χ1n) is 9.87. The Kier molecular flexibility index (Phi) is 5.23. The predicted molar refractivity (Wildman–Crippen MR) is 109 cm³/mol. The molecule has 1 saturated heterocycles. The Bertz CT molecular complexity index is 1120. The van der Waals surface area contributed by atoms with E-state index in [4.69, 9.17) is 10.5 Å². The van der Waals surface area contributed by atoms with Crippen LogP contribution in [0.3, 0.4) is 0 Å². The van der Waals surface area contributed by atoms with Gasteiger partial charge in [-0.05, 0) is 37.3 Å². The van der Waals surface area contributed by atoms with E-state index < -0.39 is 28.6 Å². The van der Waals surface area contributed by atoms with E-state index in [1.54, 1.807) is 9.47 Å². The van der Waals surface area contributed by atoms with Gasteiger partial charge in [-0.3, -0.25) is 4.79 Å². The number of aromatic carboxylic acids is 1. The normalized spacial score (nSPS) is 18.6. The van der Waals surface area contributed by atoms with Gasteiger partial charge in [0.1, 0.15) is 17.1 Å². The van der Waals surface area contributed by atoms with E-state index in [-0.39, 0.29) is 36.0 Å². The van der Waals surface area contributed by atoms with Crippen LogP contribution >= 0.6 is 0 Å². The fourth-order valence-electron chi connectivity index (χ4n) is 4.15. The standard InChI is InChI=1S/C21H23F2N3O4/c1-30-20-17-13(19(27)14(21(28)29)10-26(17)12-4-5-12)7-15(22)18(20)25-6-2-3-11(9-25)16(23)8-24/h7,10,12H,2-6,8-9,24H2,1H3,(H,28,29)/b16-11-. The maximum Gasteiger partial charge on any atom is 0.341 e. The van der Waals surface area contributed by atoms with Crippen LogP contribution < -0.4 is 20.8 Å². The Morgan fingerprint density at radius 3 is 2.73 bits per heavy atom. The summed E-state index contributed by atoms with van der Waals surface area (Å²) in [7, 11) is 1.38. The van der Waals surface area contributed by atoms with Gasteiger partial charge in [-0.25, -0.2) is 13.6 Å². The summed E-state index contributed by atoms with van der Waals surface area (Å²) in [6.07, 6.45) is 4.13. The Balaban J connectivity index is 1.97. The minimum absolute atomic E-state index is 0.0184. The van der Waals surface area contributed by atoms with E-state index in [0.29, 0.717) is 30.5 Å². The van der Waals surface area contributed by atoms with Gasteiger partial charge in [0.25, 0.3) is 0 Å². The molecule has 7 nitrogen and oxygen atoms in total. The highest BCUT2D eigenvalue weighted by molar-refractivity contribution is 5.97. The third-order valence-electron chi connectivity index (χ3n) is 5.74. The Hall–Kier alpha value is -2.94. The van der Waals surface area contributed by atoms with E-state index in [0.717, 1.165) is 18.9 Å². The van der Waals surface area contributed by atoms with Gasteiger partial charge < -0.3 is 25.0 Å². The molecule has 1 aliphatic heterocycles. The number of fused-ring (bicyclic) bond motifs is 1. The number of rotatable bonds is 5. The molecule has 1 aromatic heterocycles. The number of benzene rings is 1. The van der Waals surface area contributed by atoms with Gasteiger partial charge in [0.2, 0.25) is 5.43 Å². The summed E-state index contributed by atoms with van der Waals surface area (Å²) in [5.74, 6) is -2.32. The molecule has 2 aromatic rings. The van der Waals surface area contributed by atoms with Crippen molar-refractivity contribution in [3.05, 3.63) is 45.3 Å². The van der Waals surface area contributed by atoms with Gasteiger partial charge in [-0.15, -0.1) is 0 Å². The molecule has 2 heterocycles.